The number of halogens is 1. The molecule has 0 saturated carbocycles. The van der Waals surface area contributed by atoms with Gasteiger partial charge >= 0.3 is 0 Å². The van der Waals surface area contributed by atoms with Crippen LogP contribution in [0.2, 0.25) is 0 Å². The van der Waals surface area contributed by atoms with Crippen molar-refractivity contribution in [3.8, 4) is 5.69 Å². The summed E-state index contributed by atoms with van der Waals surface area (Å²) in [5.74, 6) is -1.99. The van der Waals surface area contributed by atoms with E-state index in [0.29, 0.717) is 16.8 Å². The zero-order valence-corrected chi connectivity index (χ0v) is 19.3. The van der Waals surface area contributed by atoms with Crippen molar-refractivity contribution in [1.29, 1.82) is 0 Å². The third kappa shape index (κ3) is 5.22. The van der Waals surface area contributed by atoms with E-state index < -0.39 is 27.7 Å². The van der Waals surface area contributed by atoms with E-state index in [0.717, 1.165) is 12.1 Å². The fourth-order valence-electron chi connectivity index (χ4n) is 3.39. The fraction of sp³-hybridized carbons (Fsp3) is 0.0400. The Hall–Kier alpha value is -4.44. The first-order valence-corrected chi connectivity index (χ1v) is 12.0. The van der Waals surface area contributed by atoms with Crippen molar-refractivity contribution in [1.82, 2.24) is 15.4 Å². The van der Waals surface area contributed by atoms with Crippen LogP contribution in [0.1, 0.15) is 26.3 Å². The topological polar surface area (TPSA) is 109 Å². The highest BCUT2D eigenvalue weighted by atomic mass is 32.2. The molecule has 35 heavy (non-hydrogen) atoms. The molecule has 8 nitrogen and oxygen atoms in total. The van der Waals surface area contributed by atoms with Crippen molar-refractivity contribution >= 4 is 27.5 Å². The van der Waals surface area contributed by atoms with Crippen molar-refractivity contribution in [2.75, 3.05) is 4.72 Å². The molecule has 178 valence electrons. The molecule has 0 saturated heterocycles. The van der Waals surface area contributed by atoms with Crippen LogP contribution in [0, 0.1) is 12.7 Å². The van der Waals surface area contributed by atoms with Crippen LogP contribution in [0.3, 0.4) is 0 Å². The van der Waals surface area contributed by atoms with E-state index >= 15 is 0 Å². The van der Waals surface area contributed by atoms with Gasteiger partial charge in [0.25, 0.3) is 21.8 Å². The SMILES string of the molecule is Cc1ccc(S(=O)(=O)Nc2ccccc2F)cc1C(=O)NNC(=O)c1ccccc1-n1cccc1. The van der Waals surface area contributed by atoms with E-state index in [1.165, 1.54) is 30.3 Å². The minimum atomic E-state index is -4.17. The number of nitrogens with one attached hydrogen (secondary N) is 3. The van der Waals surface area contributed by atoms with Crippen LogP contribution >= 0.6 is 0 Å². The lowest BCUT2D eigenvalue weighted by Crippen LogP contribution is -2.42. The summed E-state index contributed by atoms with van der Waals surface area (Å²) in [4.78, 5) is 25.3. The minimum absolute atomic E-state index is 0.0282. The first kappa shape index (κ1) is 23.7. The summed E-state index contributed by atoms with van der Waals surface area (Å²) < 4.78 is 43.4. The van der Waals surface area contributed by atoms with Gasteiger partial charge in [0.2, 0.25) is 0 Å². The molecule has 0 fully saturated rings. The largest absolute Gasteiger partial charge is 0.323 e. The zero-order valence-electron chi connectivity index (χ0n) is 18.5. The van der Waals surface area contributed by atoms with Gasteiger partial charge in [0, 0.05) is 18.0 Å². The number of sulfonamides is 1. The number of hydrogen-bond acceptors (Lipinski definition) is 4. The fourth-order valence-corrected chi connectivity index (χ4v) is 4.49. The maximum atomic E-state index is 13.9. The van der Waals surface area contributed by atoms with E-state index in [2.05, 4.69) is 15.6 Å². The maximum absolute atomic E-state index is 13.9. The van der Waals surface area contributed by atoms with Crippen LogP contribution in [-0.2, 0) is 10.0 Å². The monoisotopic (exact) mass is 492 g/mol. The zero-order chi connectivity index (χ0) is 25.0. The van der Waals surface area contributed by atoms with Crippen molar-refractivity contribution in [3.05, 3.63) is 114 Å². The van der Waals surface area contributed by atoms with E-state index in [9.17, 15) is 22.4 Å². The Bertz CT molecular complexity index is 1500. The number of anilines is 1. The van der Waals surface area contributed by atoms with Crippen LogP contribution < -0.4 is 15.6 Å². The van der Waals surface area contributed by atoms with Gasteiger partial charge in [-0.25, -0.2) is 12.8 Å². The van der Waals surface area contributed by atoms with Crippen LogP contribution in [0.25, 0.3) is 5.69 Å². The van der Waals surface area contributed by atoms with Crippen LogP contribution in [-0.4, -0.2) is 24.8 Å². The molecule has 1 aromatic heterocycles. The smallest absolute Gasteiger partial charge is 0.271 e. The highest BCUT2D eigenvalue weighted by Crippen LogP contribution is 2.21. The molecule has 0 radical (unpaired) electrons. The average molecular weight is 493 g/mol. The van der Waals surface area contributed by atoms with Gasteiger partial charge < -0.3 is 4.57 Å². The summed E-state index contributed by atoms with van der Waals surface area (Å²) in [6, 6.07) is 19.8. The lowest BCUT2D eigenvalue weighted by Gasteiger charge is -2.14. The number of hydrogen-bond donors (Lipinski definition) is 3. The van der Waals surface area contributed by atoms with E-state index in [1.807, 2.05) is 12.1 Å². The number of amides is 2. The third-order valence-corrected chi connectivity index (χ3v) is 6.57. The number of aryl methyl sites for hydroxylation is 1. The van der Waals surface area contributed by atoms with Gasteiger partial charge in [-0.15, -0.1) is 0 Å². The molecule has 0 atom stereocenters. The molecule has 0 aliphatic rings. The Kier molecular flexibility index (Phi) is 6.65. The third-order valence-electron chi connectivity index (χ3n) is 5.20. The summed E-state index contributed by atoms with van der Waals surface area (Å²) in [6.45, 7) is 1.62. The second-order valence-corrected chi connectivity index (χ2v) is 9.26. The van der Waals surface area contributed by atoms with Gasteiger partial charge in [0.05, 0.1) is 21.8 Å². The van der Waals surface area contributed by atoms with Crippen LogP contribution in [0.15, 0.2) is 96.2 Å². The van der Waals surface area contributed by atoms with E-state index in [1.54, 1.807) is 48.1 Å². The summed E-state index contributed by atoms with van der Waals surface area (Å²) >= 11 is 0. The molecule has 3 aromatic carbocycles. The maximum Gasteiger partial charge on any atom is 0.271 e. The standard InChI is InChI=1S/C25H21FN4O4S/c1-17-12-13-18(35(33,34)29-22-10-4-3-9-21(22)26)16-20(17)25(32)28-27-24(31)19-8-2-5-11-23(19)30-14-6-7-15-30/h2-16,29H,1H3,(H,27,31)(H,28,32). The van der Waals surface area contributed by atoms with Gasteiger partial charge in [-0.05, 0) is 61.0 Å². The molecule has 0 aliphatic carbocycles. The number of aromatic nitrogens is 1. The van der Waals surface area contributed by atoms with Crippen molar-refractivity contribution in [2.45, 2.75) is 11.8 Å². The van der Waals surface area contributed by atoms with E-state index in [-0.39, 0.29) is 16.1 Å². The van der Waals surface area contributed by atoms with Gasteiger partial charge in [0.1, 0.15) is 5.82 Å². The molecule has 10 heteroatoms. The molecule has 0 aliphatic heterocycles. The first-order valence-electron chi connectivity index (χ1n) is 10.5. The lowest BCUT2D eigenvalue weighted by molar-refractivity contribution is 0.0846. The Morgan fingerprint density at radius 2 is 1.43 bits per heavy atom. The molecule has 4 aromatic rings. The van der Waals surface area contributed by atoms with E-state index in [4.69, 9.17) is 0 Å². The molecule has 1 heterocycles. The highest BCUT2D eigenvalue weighted by Gasteiger charge is 2.20. The van der Waals surface area contributed by atoms with Gasteiger partial charge in [-0.3, -0.25) is 25.2 Å². The Morgan fingerprint density at radius 1 is 0.800 bits per heavy atom. The number of nitrogens with zero attached hydrogens (tertiary/aromatic N) is 1. The average Bonchev–Trinajstić information content (AvgIpc) is 3.39. The molecular weight excluding hydrogens is 471 g/mol. The first-order chi connectivity index (χ1) is 16.8. The van der Waals surface area contributed by atoms with Gasteiger partial charge in [-0.1, -0.05) is 30.3 Å². The Balaban J connectivity index is 1.52. The summed E-state index contributed by atoms with van der Waals surface area (Å²) in [5.41, 5.74) is 5.93. The normalized spacial score (nSPS) is 11.0. The predicted octanol–water partition coefficient (Wildman–Crippen LogP) is 3.80. The highest BCUT2D eigenvalue weighted by molar-refractivity contribution is 7.92. The molecule has 0 unspecified atom stereocenters. The van der Waals surface area contributed by atoms with Gasteiger partial charge in [-0.2, -0.15) is 0 Å². The summed E-state index contributed by atoms with van der Waals surface area (Å²) in [5, 5.41) is 0. The quantitative estimate of drug-likeness (QED) is 0.356. The Labute approximate surface area is 201 Å². The molecule has 0 spiro atoms. The molecule has 2 amide bonds. The number of hydrazine groups is 1. The lowest BCUT2D eigenvalue weighted by atomic mass is 10.1. The summed E-state index contributed by atoms with van der Waals surface area (Å²) in [6.07, 6.45) is 3.57. The predicted molar refractivity (Wildman–Crippen MR) is 129 cm³/mol. The van der Waals surface area contributed by atoms with Crippen LogP contribution in [0.5, 0.6) is 0 Å². The van der Waals surface area contributed by atoms with Crippen molar-refractivity contribution in [3.63, 3.8) is 0 Å². The van der Waals surface area contributed by atoms with Gasteiger partial charge in [0.15, 0.2) is 0 Å². The molecular formula is C25H21FN4O4S. The number of rotatable bonds is 6. The number of benzene rings is 3. The van der Waals surface area contributed by atoms with Crippen LogP contribution in [0.4, 0.5) is 10.1 Å². The molecule has 4 rings (SSSR count). The van der Waals surface area contributed by atoms with Crippen molar-refractivity contribution in [2.24, 2.45) is 0 Å². The summed E-state index contributed by atoms with van der Waals surface area (Å²) in [7, 11) is -4.17. The number of carbonyl (C=O) groups excluding carboxylic acids is 2. The molecule has 0 bridgehead atoms. The number of para-hydroxylation sites is 2. The van der Waals surface area contributed by atoms with Crippen molar-refractivity contribution < 1.29 is 22.4 Å². The Morgan fingerprint density at radius 3 is 2.14 bits per heavy atom. The molecule has 3 N–H and O–H groups in total. The minimum Gasteiger partial charge on any atom is -0.323 e. The second kappa shape index (κ2) is 9.82. The number of carbonyl (C=O) groups is 2. The second-order valence-electron chi connectivity index (χ2n) is 7.58.